The fourth-order valence-corrected chi connectivity index (χ4v) is 7.67. The summed E-state index contributed by atoms with van der Waals surface area (Å²) in [5, 5.41) is 33.1. The van der Waals surface area contributed by atoms with Crippen LogP contribution in [0.4, 0.5) is 0 Å². The fraction of sp³-hybridized carbons (Fsp3) is 0.680. The maximum Gasteiger partial charge on any atom is 0.233 e. The number of likely N-dealkylation sites (tertiary alicyclic amines) is 2. The number of nitrogens with zero attached hydrogens (tertiary/aromatic N) is 2. The van der Waals surface area contributed by atoms with Gasteiger partial charge in [-0.2, -0.15) is 0 Å². The molecule has 33 heavy (non-hydrogen) atoms. The molecule has 2 saturated carbocycles. The topological polar surface area (TPSA) is 111 Å². The second kappa shape index (κ2) is 6.49. The van der Waals surface area contributed by atoms with Crippen LogP contribution < -0.4 is 4.74 Å². The van der Waals surface area contributed by atoms with Crippen LogP contribution in [0.5, 0.6) is 11.5 Å². The molecule has 176 valence electrons. The quantitative estimate of drug-likeness (QED) is 0.565. The van der Waals surface area contributed by atoms with Crippen molar-refractivity contribution in [1.29, 1.82) is 0 Å². The maximum absolute atomic E-state index is 13.8. The van der Waals surface area contributed by atoms with E-state index >= 15 is 0 Å². The molecule has 2 saturated heterocycles. The molecule has 0 radical (unpaired) electrons. The number of benzene rings is 1. The molecule has 4 fully saturated rings. The number of amides is 1. The number of ketones is 1. The van der Waals surface area contributed by atoms with Crippen molar-refractivity contribution in [1.82, 2.24) is 9.80 Å². The molecule has 6 aliphatic rings. The lowest BCUT2D eigenvalue weighted by Gasteiger charge is -2.63. The molecule has 0 aromatic heterocycles. The number of rotatable bonds is 3. The Morgan fingerprint density at radius 1 is 1.21 bits per heavy atom. The first-order chi connectivity index (χ1) is 15.8. The zero-order chi connectivity index (χ0) is 22.7. The number of ether oxygens (including phenoxy) is 1. The van der Waals surface area contributed by atoms with Gasteiger partial charge in [0.2, 0.25) is 5.91 Å². The number of hydrogen-bond acceptors (Lipinski definition) is 7. The largest absolute Gasteiger partial charge is 0.504 e. The monoisotopic (exact) mass is 454 g/mol. The maximum atomic E-state index is 13.8. The number of aliphatic hydroxyl groups excluding tert-OH is 1. The number of β-amino-alcohol motifs (C(OH)–C–C–N with tert-alkyl or cyclic N) is 1. The van der Waals surface area contributed by atoms with E-state index in [2.05, 4.69) is 4.90 Å². The fourth-order valence-electron chi connectivity index (χ4n) is 7.67. The van der Waals surface area contributed by atoms with E-state index in [0.717, 1.165) is 24.2 Å². The van der Waals surface area contributed by atoms with E-state index in [-0.39, 0.29) is 36.4 Å². The van der Waals surface area contributed by atoms with Gasteiger partial charge in [-0.05, 0) is 62.6 Å². The predicted octanol–water partition coefficient (Wildman–Crippen LogP) is 0.345. The number of Topliss-reactive ketones (excluding diaryl/α,β-unsaturated/α-hetero) is 1. The van der Waals surface area contributed by atoms with Crippen molar-refractivity contribution in [2.45, 2.75) is 67.8 Å². The molecular formula is C25H30N2O6. The lowest BCUT2D eigenvalue weighted by Crippen LogP contribution is -2.78. The van der Waals surface area contributed by atoms with Gasteiger partial charge in [-0.1, -0.05) is 6.07 Å². The summed E-state index contributed by atoms with van der Waals surface area (Å²) in [4.78, 5) is 31.2. The van der Waals surface area contributed by atoms with E-state index in [9.17, 15) is 24.9 Å². The number of carbonyl (C=O) groups excluding carboxylic acids is 2. The van der Waals surface area contributed by atoms with Crippen LogP contribution in [0.15, 0.2) is 12.1 Å². The van der Waals surface area contributed by atoms with Crippen LogP contribution in [0.3, 0.4) is 0 Å². The number of aromatic hydroxyl groups is 1. The van der Waals surface area contributed by atoms with Crippen LogP contribution in [-0.2, 0) is 21.4 Å². The summed E-state index contributed by atoms with van der Waals surface area (Å²) in [7, 11) is 0. The Morgan fingerprint density at radius 2 is 2.03 bits per heavy atom. The number of phenols is 1. The molecule has 1 aromatic rings. The van der Waals surface area contributed by atoms with Crippen molar-refractivity contribution in [3.8, 4) is 11.5 Å². The number of carbonyl (C=O) groups is 2. The van der Waals surface area contributed by atoms with Gasteiger partial charge in [0.05, 0.1) is 17.1 Å². The Hall–Kier alpha value is -2.16. The molecule has 1 spiro atoms. The lowest BCUT2D eigenvalue weighted by atomic mass is 9.47. The standard InChI is InChI=1S/C25H30N2O6/c28-15-5-7-27(12-15)23(31)16-10-25(32)18-9-14-3-4-17(29)21-19(14)24(25,22(33-21)20(16)30)6-8-26(18)11-13-1-2-13/h3-4,13,15-16,18,22,28-29,32H,1-2,5-12H2/t15-,16?,18-,22+,24+,25-/m1/s1. The Bertz CT molecular complexity index is 1070. The molecule has 1 aromatic carbocycles. The smallest absolute Gasteiger partial charge is 0.233 e. The molecule has 8 nitrogen and oxygen atoms in total. The van der Waals surface area contributed by atoms with Crippen molar-refractivity contribution >= 4 is 11.7 Å². The molecule has 3 heterocycles. The normalized spacial score (nSPS) is 41.2. The van der Waals surface area contributed by atoms with Crippen molar-refractivity contribution in [3.63, 3.8) is 0 Å². The van der Waals surface area contributed by atoms with Gasteiger partial charge in [0.25, 0.3) is 0 Å². The summed E-state index contributed by atoms with van der Waals surface area (Å²) in [5.41, 5.74) is -0.421. The number of piperidine rings is 1. The molecule has 3 aliphatic heterocycles. The second-order valence-electron chi connectivity index (χ2n) is 11.1. The summed E-state index contributed by atoms with van der Waals surface area (Å²) in [5.74, 6) is -0.672. The van der Waals surface area contributed by atoms with Gasteiger partial charge in [0.1, 0.15) is 5.92 Å². The highest BCUT2D eigenvalue weighted by Crippen LogP contribution is 2.65. The van der Waals surface area contributed by atoms with Gasteiger partial charge >= 0.3 is 0 Å². The number of phenolic OH excluding ortho intramolecular Hbond substituents is 1. The Balaban J connectivity index is 1.35. The summed E-state index contributed by atoms with van der Waals surface area (Å²) in [6.07, 6.45) is 2.62. The first-order valence-corrected chi connectivity index (χ1v) is 12.3. The van der Waals surface area contributed by atoms with Crippen molar-refractivity contribution in [2.24, 2.45) is 11.8 Å². The van der Waals surface area contributed by atoms with E-state index in [0.29, 0.717) is 37.5 Å². The first kappa shape index (κ1) is 20.2. The van der Waals surface area contributed by atoms with E-state index in [1.807, 2.05) is 6.07 Å². The summed E-state index contributed by atoms with van der Waals surface area (Å²) in [6.45, 7) is 2.34. The third kappa shape index (κ3) is 2.47. The predicted molar refractivity (Wildman–Crippen MR) is 116 cm³/mol. The minimum absolute atomic E-state index is 0.0166. The molecule has 1 amide bonds. The molecule has 8 heteroatoms. The molecule has 1 unspecified atom stereocenters. The van der Waals surface area contributed by atoms with Gasteiger partial charge in [0, 0.05) is 31.2 Å². The third-order valence-electron chi connectivity index (χ3n) is 9.40. The van der Waals surface area contributed by atoms with Gasteiger partial charge in [0.15, 0.2) is 23.4 Å². The highest BCUT2D eigenvalue weighted by molar-refractivity contribution is 6.06. The van der Waals surface area contributed by atoms with E-state index in [1.54, 1.807) is 11.0 Å². The molecular weight excluding hydrogens is 424 g/mol. The van der Waals surface area contributed by atoms with Gasteiger partial charge in [-0.3, -0.25) is 14.5 Å². The van der Waals surface area contributed by atoms with Crippen molar-refractivity contribution < 1.29 is 29.6 Å². The van der Waals surface area contributed by atoms with Crippen LogP contribution in [0.1, 0.15) is 43.2 Å². The highest BCUT2D eigenvalue weighted by atomic mass is 16.5. The second-order valence-corrected chi connectivity index (χ2v) is 11.1. The van der Waals surface area contributed by atoms with Crippen molar-refractivity contribution in [2.75, 3.05) is 26.2 Å². The summed E-state index contributed by atoms with van der Waals surface area (Å²) >= 11 is 0. The van der Waals surface area contributed by atoms with Crippen LogP contribution in [-0.4, -0.2) is 86.8 Å². The number of aliphatic hydroxyl groups is 2. The van der Waals surface area contributed by atoms with Gasteiger partial charge < -0.3 is 25.0 Å². The first-order valence-electron chi connectivity index (χ1n) is 12.3. The number of hydrogen-bond donors (Lipinski definition) is 3. The van der Waals surface area contributed by atoms with Crippen LogP contribution in [0.2, 0.25) is 0 Å². The molecule has 2 bridgehead atoms. The zero-order valence-corrected chi connectivity index (χ0v) is 18.6. The molecule has 3 aliphatic carbocycles. The lowest BCUT2D eigenvalue weighted by molar-refractivity contribution is -0.200. The SMILES string of the molecule is O=C1C(C(=O)N2CC[C@@H](O)C2)C[C@@]2(O)[C@H]3Cc4ccc(O)c5c4[C@@]2(CCN3CC2CC2)[C@H]1O5. The minimum atomic E-state index is -1.30. The zero-order valence-electron chi connectivity index (χ0n) is 18.6. The minimum Gasteiger partial charge on any atom is -0.504 e. The van der Waals surface area contributed by atoms with Crippen LogP contribution >= 0.6 is 0 Å². The summed E-state index contributed by atoms with van der Waals surface area (Å²) in [6, 6.07) is 3.32. The molecule has 7 rings (SSSR count). The molecule has 6 atom stereocenters. The highest BCUT2D eigenvalue weighted by Gasteiger charge is 2.75. The average molecular weight is 455 g/mol. The van der Waals surface area contributed by atoms with E-state index in [1.165, 1.54) is 12.8 Å². The van der Waals surface area contributed by atoms with Crippen LogP contribution in [0, 0.1) is 11.8 Å². The molecule has 3 N–H and O–H groups in total. The summed E-state index contributed by atoms with van der Waals surface area (Å²) < 4.78 is 6.18. The van der Waals surface area contributed by atoms with E-state index in [4.69, 9.17) is 4.74 Å². The Kier molecular flexibility index (Phi) is 3.98. The average Bonchev–Trinajstić information content (AvgIpc) is 3.37. The Labute approximate surface area is 192 Å². The van der Waals surface area contributed by atoms with Gasteiger partial charge in [-0.25, -0.2) is 0 Å². The third-order valence-corrected chi connectivity index (χ3v) is 9.40. The Morgan fingerprint density at radius 3 is 2.76 bits per heavy atom. The van der Waals surface area contributed by atoms with Crippen LogP contribution in [0.25, 0.3) is 0 Å². The van der Waals surface area contributed by atoms with Gasteiger partial charge in [-0.15, -0.1) is 0 Å². The van der Waals surface area contributed by atoms with E-state index < -0.39 is 29.1 Å². The van der Waals surface area contributed by atoms with Crippen molar-refractivity contribution in [3.05, 3.63) is 23.3 Å².